The average molecular weight is 122 g/mol. The molecule has 3 heteroatoms. The van der Waals surface area contributed by atoms with Crippen molar-refractivity contribution in [1.82, 2.24) is 0 Å². The van der Waals surface area contributed by atoms with Crippen molar-refractivity contribution in [3.8, 4) is 0 Å². The zero-order valence-electron chi connectivity index (χ0n) is 4.46. The standard InChI is InChI=1S/C6H8N2.BH3/c7-5-1-2-6(8)4-3-5;/h1-4H,7-8H2;1H3. The summed E-state index contributed by atoms with van der Waals surface area (Å²) in [6, 6.07) is 7.09. The zero-order valence-corrected chi connectivity index (χ0v) is 4.46. The number of nitrogens with two attached hydrogens (primary N) is 2. The molecule has 0 spiro atoms. The molecule has 1 aromatic carbocycles. The van der Waals surface area contributed by atoms with Gasteiger partial charge in [0.1, 0.15) is 0 Å². The molecule has 0 fully saturated rings. The lowest BCUT2D eigenvalue weighted by Gasteiger charge is -1.90. The monoisotopic (exact) mass is 122 g/mol. The first-order chi connectivity index (χ1) is 3.79. The number of hydrogen-bond donors (Lipinski definition) is 2. The van der Waals surface area contributed by atoms with Gasteiger partial charge in [0.15, 0.2) is 0 Å². The van der Waals surface area contributed by atoms with E-state index >= 15 is 0 Å². The van der Waals surface area contributed by atoms with Crippen molar-refractivity contribution >= 4 is 19.8 Å². The predicted octanol–water partition coefficient (Wildman–Crippen LogP) is -0.333. The normalized spacial score (nSPS) is 8.00. The van der Waals surface area contributed by atoms with Gasteiger partial charge in [0.2, 0.25) is 0 Å². The van der Waals surface area contributed by atoms with Crippen molar-refractivity contribution in [2.75, 3.05) is 11.5 Å². The van der Waals surface area contributed by atoms with E-state index in [-0.39, 0.29) is 8.41 Å². The third kappa shape index (κ3) is 2.08. The fourth-order valence-corrected chi connectivity index (χ4v) is 0.496. The molecule has 0 saturated carbocycles. The van der Waals surface area contributed by atoms with Crippen molar-refractivity contribution in [2.24, 2.45) is 0 Å². The van der Waals surface area contributed by atoms with E-state index in [1.165, 1.54) is 0 Å². The molecule has 0 saturated heterocycles. The van der Waals surface area contributed by atoms with E-state index < -0.39 is 0 Å². The summed E-state index contributed by atoms with van der Waals surface area (Å²) in [6.07, 6.45) is 0. The van der Waals surface area contributed by atoms with Crippen LogP contribution < -0.4 is 11.5 Å². The van der Waals surface area contributed by atoms with Crippen molar-refractivity contribution in [3.05, 3.63) is 24.3 Å². The van der Waals surface area contributed by atoms with E-state index in [1.807, 2.05) is 0 Å². The van der Waals surface area contributed by atoms with Gasteiger partial charge < -0.3 is 11.5 Å². The van der Waals surface area contributed by atoms with Gasteiger partial charge in [-0.3, -0.25) is 0 Å². The number of hydrogen-bond acceptors (Lipinski definition) is 2. The molecule has 9 heavy (non-hydrogen) atoms. The molecule has 48 valence electrons. The number of anilines is 2. The lowest BCUT2D eigenvalue weighted by molar-refractivity contribution is 1.67. The highest BCUT2D eigenvalue weighted by Crippen LogP contribution is 2.04. The van der Waals surface area contributed by atoms with Crippen molar-refractivity contribution in [3.63, 3.8) is 0 Å². The van der Waals surface area contributed by atoms with Crippen LogP contribution in [0.2, 0.25) is 0 Å². The van der Waals surface area contributed by atoms with Gasteiger partial charge in [-0.25, -0.2) is 0 Å². The first kappa shape index (κ1) is 7.88. The molecule has 0 unspecified atom stereocenters. The maximum Gasteiger partial charge on any atom is 0.0814 e. The lowest BCUT2D eigenvalue weighted by atomic mass is 10.3. The van der Waals surface area contributed by atoms with Gasteiger partial charge >= 0.3 is 0 Å². The summed E-state index contributed by atoms with van der Waals surface area (Å²) in [5.74, 6) is 0. The highest BCUT2D eigenvalue weighted by molar-refractivity contribution is 5.75. The summed E-state index contributed by atoms with van der Waals surface area (Å²) < 4.78 is 0. The Morgan fingerprint density at radius 1 is 0.778 bits per heavy atom. The first-order valence-electron chi connectivity index (χ1n) is 2.40. The molecule has 1 rings (SSSR count). The largest absolute Gasteiger partial charge is 0.399 e. The fraction of sp³-hybridized carbons (Fsp3) is 0. The van der Waals surface area contributed by atoms with Crippen LogP contribution in [0.1, 0.15) is 0 Å². The maximum atomic E-state index is 5.37. The van der Waals surface area contributed by atoms with Gasteiger partial charge in [0, 0.05) is 11.4 Å². The molecule has 1 aromatic rings. The topological polar surface area (TPSA) is 52.0 Å². The predicted molar refractivity (Wildman–Crippen MR) is 45.2 cm³/mol. The molecule has 0 aromatic heterocycles. The quantitative estimate of drug-likeness (QED) is 0.365. The molecule has 0 aliphatic rings. The minimum Gasteiger partial charge on any atom is -0.399 e. The minimum absolute atomic E-state index is 0. The number of rotatable bonds is 0. The van der Waals surface area contributed by atoms with Gasteiger partial charge in [0.05, 0.1) is 8.41 Å². The van der Waals surface area contributed by atoms with Crippen LogP contribution in [-0.4, -0.2) is 8.41 Å². The molecule has 0 amide bonds. The van der Waals surface area contributed by atoms with E-state index in [0.717, 1.165) is 11.4 Å². The second kappa shape index (κ2) is 3.02. The summed E-state index contributed by atoms with van der Waals surface area (Å²) in [5, 5.41) is 0. The smallest absolute Gasteiger partial charge is 0.0814 e. The van der Waals surface area contributed by atoms with Crippen LogP contribution in [0, 0.1) is 0 Å². The van der Waals surface area contributed by atoms with Crippen LogP contribution >= 0.6 is 0 Å². The molecule has 0 bridgehead atoms. The molecule has 0 aliphatic carbocycles. The summed E-state index contributed by atoms with van der Waals surface area (Å²) >= 11 is 0. The van der Waals surface area contributed by atoms with E-state index in [9.17, 15) is 0 Å². The Kier molecular flexibility index (Phi) is 2.65. The summed E-state index contributed by atoms with van der Waals surface area (Å²) in [6.45, 7) is 0. The lowest BCUT2D eigenvalue weighted by Crippen LogP contribution is -1.86. The van der Waals surface area contributed by atoms with Crippen molar-refractivity contribution in [2.45, 2.75) is 0 Å². The summed E-state index contributed by atoms with van der Waals surface area (Å²) in [5.41, 5.74) is 12.2. The van der Waals surface area contributed by atoms with Gasteiger partial charge in [-0.2, -0.15) is 0 Å². The second-order valence-corrected chi connectivity index (χ2v) is 1.67. The zero-order chi connectivity index (χ0) is 5.98. The third-order valence-corrected chi connectivity index (χ3v) is 0.936. The molecule has 4 N–H and O–H groups in total. The second-order valence-electron chi connectivity index (χ2n) is 1.67. The molecular formula is C6H11BN2. The van der Waals surface area contributed by atoms with Crippen LogP contribution in [0.5, 0.6) is 0 Å². The molecule has 0 radical (unpaired) electrons. The van der Waals surface area contributed by atoms with E-state index in [1.54, 1.807) is 24.3 Å². The minimum atomic E-state index is 0. The Hall–Kier alpha value is -1.12. The van der Waals surface area contributed by atoms with Gasteiger partial charge in [-0.15, -0.1) is 0 Å². The number of benzene rings is 1. The SMILES string of the molecule is B.Nc1ccc(N)cc1. The Labute approximate surface area is 56.4 Å². The highest BCUT2D eigenvalue weighted by atomic mass is 14.6. The number of nitrogen functional groups attached to an aromatic ring is 2. The first-order valence-corrected chi connectivity index (χ1v) is 2.40. The maximum absolute atomic E-state index is 5.37. The van der Waals surface area contributed by atoms with Crippen LogP contribution in [0.4, 0.5) is 11.4 Å². The molecular weight excluding hydrogens is 111 g/mol. The van der Waals surface area contributed by atoms with Crippen molar-refractivity contribution in [1.29, 1.82) is 0 Å². The van der Waals surface area contributed by atoms with E-state index in [4.69, 9.17) is 11.5 Å². The van der Waals surface area contributed by atoms with Crippen LogP contribution in [0.15, 0.2) is 24.3 Å². The highest BCUT2D eigenvalue weighted by Gasteiger charge is 1.80. The Bertz CT molecular complexity index is 150. The fourth-order valence-electron chi connectivity index (χ4n) is 0.496. The Morgan fingerprint density at radius 2 is 1.00 bits per heavy atom. The van der Waals surface area contributed by atoms with E-state index in [2.05, 4.69) is 0 Å². The molecule has 2 nitrogen and oxygen atoms in total. The molecule has 0 heterocycles. The average Bonchev–Trinajstić information content (AvgIpc) is 1.77. The molecule has 0 atom stereocenters. The molecule has 0 aliphatic heterocycles. The Balaban J connectivity index is 0.000000640. The summed E-state index contributed by atoms with van der Waals surface area (Å²) in [7, 11) is 0. The van der Waals surface area contributed by atoms with Gasteiger partial charge in [-0.1, -0.05) is 0 Å². The van der Waals surface area contributed by atoms with Crippen LogP contribution in [0.25, 0.3) is 0 Å². The van der Waals surface area contributed by atoms with Gasteiger partial charge in [-0.05, 0) is 24.3 Å². The van der Waals surface area contributed by atoms with Crippen LogP contribution in [-0.2, 0) is 0 Å². The van der Waals surface area contributed by atoms with Crippen molar-refractivity contribution < 1.29 is 0 Å². The van der Waals surface area contributed by atoms with Gasteiger partial charge in [0.25, 0.3) is 0 Å². The summed E-state index contributed by atoms with van der Waals surface area (Å²) in [4.78, 5) is 0. The third-order valence-electron chi connectivity index (χ3n) is 0.936. The van der Waals surface area contributed by atoms with Crippen LogP contribution in [0.3, 0.4) is 0 Å². The Morgan fingerprint density at radius 3 is 1.22 bits per heavy atom. The van der Waals surface area contributed by atoms with E-state index in [0.29, 0.717) is 0 Å².